The Bertz CT molecular complexity index is 642. The molecule has 1 N–H and O–H groups in total. The molecule has 2 aromatic carbocycles. The van der Waals surface area contributed by atoms with Crippen molar-refractivity contribution in [1.29, 1.82) is 5.26 Å². The molecule has 2 rings (SSSR count). The molecule has 19 heavy (non-hydrogen) atoms. The van der Waals surface area contributed by atoms with Crippen molar-refractivity contribution in [3.8, 4) is 11.8 Å². The van der Waals surface area contributed by atoms with Gasteiger partial charge in [0.25, 0.3) is 0 Å². The summed E-state index contributed by atoms with van der Waals surface area (Å²) >= 11 is 0. The summed E-state index contributed by atoms with van der Waals surface area (Å²) < 4.78 is 5.20. The summed E-state index contributed by atoms with van der Waals surface area (Å²) in [7, 11) is 1.61. The molecule has 0 bridgehead atoms. The number of rotatable bonds is 3. The van der Waals surface area contributed by atoms with Crippen LogP contribution >= 0.6 is 0 Å². The standard InChI is InChI=1S/C16H16N2O/c1-11-4-5-12(2)15(8-11)18-16-9-14(19-3)7-6-13(16)10-17/h4-9,18H,1-3H3. The highest BCUT2D eigenvalue weighted by molar-refractivity contribution is 5.70. The van der Waals surface area contributed by atoms with E-state index in [1.165, 1.54) is 5.56 Å². The van der Waals surface area contributed by atoms with Crippen LogP contribution in [-0.2, 0) is 0 Å². The molecule has 96 valence electrons. The second-order valence-corrected chi connectivity index (χ2v) is 4.47. The number of hydrogen-bond donors (Lipinski definition) is 1. The minimum Gasteiger partial charge on any atom is -0.497 e. The molecule has 0 atom stereocenters. The second-order valence-electron chi connectivity index (χ2n) is 4.47. The maximum atomic E-state index is 9.15. The molecule has 3 heteroatoms. The van der Waals surface area contributed by atoms with Gasteiger partial charge in [0.2, 0.25) is 0 Å². The molecule has 0 radical (unpaired) electrons. The minimum absolute atomic E-state index is 0.599. The fourth-order valence-corrected chi connectivity index (χ4v) is 1.87. The first-order chi connectivity index (χ1) is 9.13. The van der Waals surface area contributed by atoms with Crippen LogP contribution in [0.25, 0.3) is 0 Å². The smallest absolute Gasteiger partial charge is 0.121 e. The number of nitriles is 1. The van der Waals surface area contributed by atoms with Crippen LogP contribution in [0.15, 0.2) is 36.4 Å². The Morgan fingerprint density at radius 1 is 1.05 bits per heavy atom. The zero-order chi connectivity index (χ0) is 13.8. The van der Waals surface area contributed by atoms with E-state index in [9.17, 15) is 0 Å². The van der Waals surface area contributed by atoms with Gasteiger partial charge in [0.1, 0.15) is 11.8 Å². The highest BCUT2D eigenvalue weighted by Gasteiger charge is 2.06. The lowest BCUT2D eigenvalue weighted by atomic mass is 10.1. The molecule has 3 nitrogen and oxygen atoms in total. The van der Waals surface area contributed by atoms with Crippen LogP contribution in [0.2, 0.25) is 0 Å². The summed E-state index contributed by atoms with van der Waals surface area (Å²) in [5.74, 6) is 0.729. The van der Waals surface area contributed by atoms with Crippen LogP contribution in [0.1, 0.15) is 16.7 Å². The van der Waals surface area contributed by atoms with E-state index in [0.29, 0.717) is 5.56 Å². The topological polar surface area (TPSA) is 45.0 Å². The van der Waals surface area contributed by atoms with Gasteiger partial charge in [-0.3, -0.25) is 0 Å². The van der Waals surface area contributed by atoms with Gasteiger partial charge in [0.05, 0.1) is 18.4 Å². The molecule has 2 aromatic rings. The van der Waals surface area contributed by atoms with Gasteiger partial charge in [-0.1, -0.05) is 12.1 Å². The third kappa shape index (κ3) is 2.86. The number of hydrogen-bond acceptors (Lipinski definition) is 3. The van der Waals surface area contributed by atoms with Gasteiger partial charge >= 0.3 is 0 Å². The number of methoxy groups -OCH3 is 1. The van der Waals surface area contributed by atoms with Crippen molar-refractivity contribution < 1.29 is 4.74 Å². The van der Waals surface area contributed by atoms with Gasteiger partial charge in [-0.2, -0.15) is 5.26 Å². The minimum atomic E-state index is 0.599. The molecule has 0 aliphatic rings. The van der Waals surface area contributed by atoms with Crippen LogP contribution in [0, 0.1) is 25.2 Å². The molecule has 0 aliphatic carbocycles. The Morgan fingerprint density at radius 2 is 1.84 bits per heavy atom. The van der Waals surface area contributed by atoms with Gasteiger partial charge in [-0.15, -0.1) is 0 Å². The fraction of sp³-hybridized carbons (Fsp3) is 0.188. The Balaban J connectivity index is 2.42. The first-order valence-corrected chi connectivity index (χ1v) is 6.06. The van der Waals surface area contributed by atoms with Crippen molar-refractivity contribution >= 4 is 11.4 Å². The van der Waals surface area contributed by atoms with E-state index in [4.69, 9.17) is 10.00 Å². The van der Waals surface area contributed by atoms with Gasteiger partial charge in [0, 0.05) is 11.8 Å². The van der Waals surface area contributed by atoms with Gasteiger partial charge < -0.3 is 10.1 Å². The van der Waals surface area contributed by atoms with Gasteiger partial charge in [-0.05, 0) is 43.2 Å². The quantitative estimate of drug-likeness (QED) is 0.900. The molecule has 0 saturated carbocycles. The normalized spacial score (nSPS) is 9.79. The maximum absolute atomic E-state index is 9.15. The van der Waals surface area contributed by atoms with E-state index in [1.54, 1.807) is 19.2 Å². The number of nitrogens with one attached hydrogen (secondary N) is 1. The van der Waals surface area contributed by atoms with Crippen molar-refractivity contribution in [2.45, 2.75) is 13.8 Å². The van der Waals surface area contributed by atoms with Crippen molar-refractivity contribution in [2.75, 3.05) is 12.4 Å². The highest BCUT2D eigenvalue weighted by Crippen LogP contribution is 2.27. The first kappa shape index (κ1) is 13.0. The SMILES string of the molecule is COc1ccc(C#N)c(Nc2cc(C)ccc2C)c1. The zero-order valence-electron chi connectivity index (χ0n) is 11.3. The number of ether oxygens (including phenoxy) is 1. The van der Waals surface area contributed by atoms with Crippen LogP contribution in [0.5, 0.6) is 5.75 Å². The van der Waals surface area contributed by atoms with Crippen LogP contribution < -0.4 is 10.1 Å². The lowest BCUT2D eigenvalue weighted by Gasteiger charge is -2.13. The van der Waals surface area contributed by atoms with Crippen molar-refractivity contribution in [3.63, 3.8) is 0 Å². The molecule has 0 aromatic heterocycles. The lowest BCUT2D eigenvalue weighted by molar-refractivity contribution is 0.415. The Morgan fingerprint density at radius 3 is 2.53 bits per heavy atom. The molecule has 0 saturated heterocycles. The third-order valence-electron chi connectivity index (χ3n) is 3.01. The van der Waals surface area contributed by atoms with E-state index in [0.717, 1.165) is 22.7 Å². The third-order valence-corrected chi connectivity index (χ3v) is 3.01. The van der Waals surface area contributed by atoms with Crippen LogP contribution in [0.4, 0.5) is 11.4 Å². The molecule has 0 unspecified atom stereocenters. The summed E-state index contributed by atoms with van der Waals surface area (Å²) in [6, 6.07) is 13.7. The van der Waals surface area contributed by atoms with Gasteiger partial charge in [-0.25, -0.2) is 0 Å². The number of anilines is 2. The van der Waals surface area contributed by atoms with E-state index >= 15 is 0 Å². The zero-order valence-corrected chi connectivity index (χ0v) is 11.3. The molecule has 0 fully saturated rings. The van der Waals surface area contributed by atoms with Crippen molar-refractivity contribution in [3.05, 3.63) is 53.1 Å². The monoisotopic (exact) mass is 252 g/mol. The summed E-state index contributed by atoms with van der Waals surface area (Å²) in [4.78, 5) is 0. The average molecular weight is 252 g/mol. The average Bonchev–Trinajstić information content (AvgIpc) is 2.42. The summed E-state index contributed by atoms with van der Waals surface area (Å²) in [6.07, 6.45) is 0. The van der Waals surface area contributed by atoms with Crippen LogP contribution in [0.3, 0.4) is 0 Å². The highest BCUT2D eigenvalue weighted by atomic mass is 16.5. The van der Waals surface area contributed by atoms with Crippen molar-refractivity contribution in [2.24, 2.45) is 0 Å². The Kier molecular flexibility index (Phi) is 3.72. The van der Waals surface area contributed by atoms with E-state index in [1.807, 2.05) is 19.9 Å². The van der Waals surface area contributed by atoms with E-state index in [2.05, 4.69) is 29.6 Å². The number of benzene rings is 2. The molecular formula is C16H16N2O. The largest absolute Gasteiger partial charge is 0.497 e. The summed E-state index contributed by atoms with van der Waals surface area (Å²) in [5.41, 5.74) is 4.67. The molecule has 0 aliphatic heterocycles. The van der Waals surface area contributed by atoms with E-state index < -0.39 is 0 Å². The second kappa shape index (κ2) is 5.45. The molecule has 0 spiro atoms. The fourth-order valence-electron chi connectivity index (χ4n) is 1.87. The lowest BCUT2D eigenvalue weighted by Crippen LogP contribution is -1.97. The number of nitrogens with zero attached hydrogens (tertiary/aromatic N) is 1. The van der Waals surface area contributed by atoms with Crippen molar-refractivity contribution in [1.82, 2.24) is 0 Å². The first-order valence-electron chi connectivity index (χ1n) is 6.06. The molecule has 0 amide bonds. The van der Waals surface area contributed by atoms with Crippen LogP contribution in [-0.4, -0.2) is 7.11 Å². The Hall–Kier alpha value is -2.47. The van der Waals surface area contributed by atoms with Gasteiger partial charge in [0.15, 0.2) is 0 Å². The molecule has 0 heterocycles. The number of aryl methyl sites for hydroxylation is 2. The Labute approximate surface area is 113 Å². The predicted octanol–water partition coefficient (Wildman–Crippen LogP) is 3.93. The van der Waals surface area contributed by atoms with E-state index in [-0.39, 0.29) is 0 Å². The summed E-state index contributed by atoms with van der Waals surface area (Å²) in [5, 5.41) is 12.5. The summed E-state index contributed by atoms with van der Waals surface area (Å²) in [6.45, 7) is 4.08. The maximum Gasteiger partial charge on any atom is 0.121 e. The predicted molar refractivity (Wildman–Crippen MR) is 76.9 cm³/mol. The molecular weight excluding hydrogens is 236 g/mol.